The molecule has 1 aliphatic rings. The first kappa shape index (κ1) is 13.3. The van der Waals surface area contributed by atoms with Gasteiger partial charge in [-0.05, 0) is 36.1 Å². The number of carbonyl (C=O) groups excluding carboxylic acids is 1. The summed E-state index contributed by atoms with van der Waals surface area (Å²) >= 11 is 6.16. The Morgan fingerprint density at radius 3 is 2.94 bits per heavy atom. The lowest BCUT2D eigenvalue weighted by Crippen LogP contribution is -2.13. The third-order valence-electron chi connectivity index (χ3n) is 3.31. The molecule has 1 N–H and O–H groups in total. The van der Waals surface area contributed by atoms with Crippen molar-refractivity contribution in [2.45, 2.75) is 38.7 Å². The SMILES string of the molecule is CCc1c[c]cc(Cl)c1C(O)C1=CCCC(=O)C1. The van der Waals surface area contributed by atoms with E-state index in [9.17, 15) is 9.90 Å². The van der Waals surface area contributed by atoms with Gasteiger partial charge in [0.1, 0.15) is 11.9 Å². The van der Waals surface area contributed by atoms with E-state index < -0.39 is 6.10 Å². The van der Waals surface area contributed by atoms with Crippen molar-refractivity contribution in [2.75, 3.05) is 0 Å². The standard InChI is InChI=1S/C15H16ClO2/c1-2-10-5-4-8-13(16)14(10)15(18)11-6-3-7-12(17)9-11/h5-6,8,15,18H,2-3,7,9H2,1H3. The van der Waals surface area contributed by atoms with Crippen molar-refractivity contribution in [1.29, 1.82) is 0 Å². The topological polar surface area (TPSA) is 37.3 Å². The van der Waals surface area contributed by atoms with Crippen molar-refractivity contribution >= 4 is 17.4 Å². The zero-order valence-electron chi connectivity index (χ0n) is 10.4. The molecule has 0 spiro atoms. The lowest BCUT2D eigenvalue weighted by molar-refractivity contribution is -0.118. The molecule has 0 saturated heterocycles. The zero-order valence-corrected chi connectivity index (χ0v) is 11.1. The molecule has 0 aromatic heterocycles. The van der Waals surface area contributed by atoms with Gasteiger partial charge in [-0.15, -0.1) is 0 Å². The number of ketones is 1. The van der Waals surface area contributed by atoms with E-state index in [0.29, 0.717) is 24.3 Å². The van der Waals surface area contributed by atoms with Gasteiger partial charge in [-0.1, -0.05) is 30.7 Å². The Bertz CT molecular complexity index is 491. The Hall–Kier alpha value is -1.12. The quantitative estimate of drug-likeness (QED) is 0.849. The number of Topliss-reactive ketones (excluding diaryl/α,β-unsaturated/α-hetero) is 1. The third-order valence-corrected chi connectivity index (χ3v) is 3.62. The number of rotatable bonds is 3. The number of aryl methyl sites for hydroxylation is 1. The molecule has 0 heterocycles. The van der Waals surface area contributed by atoms with E-state index in [-0.39, 0.29) is 5.78 Å². The van der Waals surface area contributed by atoms with E-state index in [1.807, 2.05) is 19.1 Å². The summed E-state index contributed by atoms with van der Waals surface area (Å²) in [6.07, 6.45) is 3.59. The Kier molecular flexibility index (Phi) is 4.20. The fourth-order valence-electron chi connectivity index (χ4n) is 2.32. The maximum Gasteiger partial charge on any atom is 0.137 e. The summed E-state index contributed by atoms with van der Waals surface area (Å²) in [6, 6.07) is 6.46. The first-order chi connectivity index (χ1) is 8.63. The predicted octanol–water partition coefficient (Wildman–Crippen LogP) is 3.42. The highest BCUT2D eigenvalue weighted by Crippen LogP contribution is 2.34. The molecule has 0 saturated carbocycles. The molecule has 95 valence electrons. The number of halogens is 1. The van der Waals surface area contributed by atoms with Crippen LogP contribution in [0, 0.1) is 6.07 Å². The Balaban J connectivity index is 2.36. The second kappa shape index (κ2) is 5.68. The number of aliphatic hydroxyl groups is 1. The summed E-state index contributed by atoms with van der Waals surface area (Å²) in [5, 5.41) is 11.0. The highest BCUT2D eigenvalue weighted by Gasteiger charge is 2.23. The van der Waals surface area contributed by atoms with Gasteiger partial charge in [0.2, 0.25) is 0 Å². The van der Waals surface area contributed by atoms with E-state index in [1.54, 1.807) is 6.07 Å². The molecule has 1 unspecified atom stereocenters. The molecule has 2 nitrogen and oxygen atoms in total. The fourth-order valence-corrected chi connectivity index (χ4v) is 2.61. The van der Waals surface area contributed by atoms with Crippen molar-refractivity contribution in [3.05, 3.63) is 46.0 Å². The normalized spacial score (nSPS) is 17.5. The molecule has 1 aromatic rings. The van der Waals surface area contributed by atoms with Crippen LogP contribution in [0.25, 0.3) is 0 Å². The minimum Gasteiger partial charge on any atom is -0.384 e. The minimum atomic E-state index is -0.772. The van der Waals surface area contributed by atoms with Crippen molar-refractivity contribution in [3.63, 3.8) is 0 Å². The van der Waals surface area contributed by atoms with Crippen LogP contribution >= 0.6 is 11.6 Å². The van der Waals surface area contributed by atoms with Crippen molar-refractivity contribution in [2.24, 2.45) is 0 Å². The van der Waals surface area contributed by atoms with Crippen molar-refractivity contribution < 1.29 is 9.90 Å². The zero-order chi connectivity index (χ0) is 13.1. The largest absolute Gasteiger partial charge is 0.384 e. The van der Waals surface area contributed by atoms with Gasteiger partial charge < -0.3 is 5.11 Å². The second-order valence-corrected chi connectivity index (χ2v) is 4.94. The lowest BCUT2D eigenvalue weighted by atomic mass is 9.88. The van der Waals surface area contributed by atoms with Crippen LogP contribution in [0.15, 0.2) is 23.8 Å². The maximum atomic E-state index is 11.5. The van der Waals surface area contributed by atoms with E-state index in [0.717, 1.165) is 23.1 Å². The van der Waals surface area contributed by atoms with Crippen LogP contribution in [-0.4, -0.2) is 10.9 Å². The monoisotopic (exact) mass is 263 g/mol. The smallest absolute Gasteiger partial charge is 0.137 e. The summed E-state index contributed by atoms with van der Waals surface area (Å²) in [6.45, 7) is 2.01. The van der Waals surface area contributed by atoms with Gasteiger partial charge in [0, 0.05) is 23.4 Å². The summed E-state index contributed by atoms with van der Waals surface area (Å²) in [5.74, 6) is 0.184. The molecule has 3 heteroatoms. The number of hydrogen-bond acceptors (Lipinski definition) is 2. The van der Waals surface area contributed by atoms with Gasteiger partial charge in [0.05, 0.1) is 0 Å². The van der Waals surface area contributed by atoms with Gasteiger partial charge >= 0.3 is 0 Å². The van der Waals surface area contributed by atoms with Crippen LogP contribution < -0.4 is 0 Å². The fraction of sp³-hybridized carbons (Fsp3) is 0.400. The maximum absolute atomic E-state index is 11.5. The van der Waals surface area contributed by atoms with E-state index in [1.165, 1.54) is 0 Å². The van der Waals surface area contributed by atoms with Crippen LogP contribution in [0.4, 0.5) is 0 Å². The molecule has 0 aliphatic heterocycles. The first-order valence-electron chi connectivity index (χ1n) is 6.20. The summed E-state index contributed by atoms with van der Waals surface area (Å²) in [7, 11) is 0. The van der Waals surface area contributed by atoms with E-state index in [2.05, 4.69) is 6.07 Å². The molecule has 0 bridgehead atoms. The Morgan fingerprint density at radius 1 is 1.50 bits per heavy atom. The molecule has 2 rings (SSSR count). The Labute approximate surface area is 112 Å². The average Bonchev–Trinajstić information content (AvgIpc) is 2.37. The second-order valence-electron chi connectivity index (χ2n) is 4.53. The molecular formula is C15H16ClO2. The lowest BCUT2D eigenvalue weighted by Gasteiger charge is -2.21. The number of aliphatic hydroxyl groups excluding tert-OH is 1. The first-order valence-corrected chi connectivity index (χ1v) is 6.58. The summed E-state index contributed by atoms with van der Waals surface area (Å²) in [4.78, 5) is 11.5. The predicted molar refractivity (Wildman–Crippen MR) is 71.6 cm³/mol. The van der Waals surface area contributed by atoms with Crippen LogP contribution in [0.2, 0.25) is 5.02 Å². The van der Waals surface area contributed by atoms with Gasteiger partial charge in [0.15, 0.2) is 0 Å². The van der Waals surface area contributed by atoms with E-state index in [4.69, 9.17) is 11.6 Å². The molecule has 1 aliphatic carbocycles. The molecule has 0 amide bonds. The number of allylic oxidation sites excluding steroid dienone is 1. The molecule has 1 atom stereocenters. The number of carbonyl (C=O) groups is 1. The summed E-state index contributed by atoms with van der Waals surface area (Å²) < 4.78 is 0. The third kappa shape index (κ3) is 2.65. The van der Waals surface area contributed by atoms with Gasteiger partial charge in [-0.3, -0.25) is 4.79 Å². The van der Waals surface area contributed by atoms with E-state index >= 15 is 0 Å². The van der Waals surface area contributed by atoms with Crippen LogP contribution in [-0.2, 0) is 11.2 Å². The minimum absolute atomic E-state index is 0.184. The molecule has 18 heavy (non-hydrogen) atoms. The number of benzene rings is 1. The van der Waals surface area contributed by atoms with Crippen molar-refractivity contribution in [3.8, 4) is 0 Å². The van der Waals surface area contributed by atoms with Crippen LogP contribution in [0.1, 0.15) is 43.4 Å². The van der Waals surface area contributed by atoms with Crippen molar-refractivity contribution in [1.82, 2.24) is 0 Å². The van der Waals surface area contributed by atoms with Crippen LogP contribution in [0.5, 0.6) is 0 Å². The molecular weight excluding hydrogens is 248 g/mol. The molecule has 1 radical (unpaired) electrons. The Morgan fingerprint density at radius 2 is 2.28 bits per heavy atom. The highest BCUT2D eigenvalue weighted by molar-refractivity contribution is 6.31. The number of hydrogen-bond donors (Lipinski definition) is 1. The van der Waals surface area contributed by atoms with Gasteiger partial charge in [-0.25, -0.2) is 0 Å². The molecule has 0 fully saturated rings. The van der Waals surface area contributed by atoms with Gasteiger partial charge in [-0.2, -0.15) is 0 Å². The highest BCUT2D eigenvalue weighted by atomic mass is 35.5. The van der Waals surface area contributed by atoms with Crippen LogP contribution in [0.3, 0.4) is 0 Å². The summed E-state index contributed by atoms with van der Waals surface area (Å²) in [5.41, 5.74) is 2.47. The van der Waals surface area contributed by atoms with Gasteiger partial charge in [0.25, 0.3) is 0 Å². The molecule has 1 aromatic carbocycles. The average molecular weight is 264 g/mol.